The summed E-state index contributed by atoms with van der Waals surface area (Å²) >= 11 is 2.92. The highest BCUT2D eigenvalue weighted by atomic mass is 79.9. The molecule has 6 heteroatoms. The van der Waals surface area contributed by atoms with Crippen LogP contribution < -0.4 is 11.1 Å². The number of anilines is 1. The number of carbonyl (C=O) groups is 1. The maximum Gasteiger partial charge on any atom is 0.242 e. The van der Waals surface area contributed by atoms with E-state index >= 15 is 0 Å². The third-order valence-corrected chi connectivity index (χ3v) is 2.39. The molecule has 1 aromatic rings. The molecule has 0 fully saturated rings. The normalized spacial score (nSPS) is 11.7. The first-order chi connectivity index (χ1) is 7.95. The molecule has 0 saturated heterocycles. The van der Waals surface area contributed by atoms with E-state index in [9.17, 15) is 13.6 Å². The Balaban J connectivity index is 2.90. The Morgan fingerprint density at radius 2 is 2.06 bits per heavy atom. The highest BCUT2D eigenvalue weighted by Crippen LogP contribution is 2.23. The summed E-state index contributed by atoms with van der Waals surface area (Å²) in [7, 11) is 0. The van der Waals surface area contributed by atoms with Gasteiger partial charge in [-0.15, -0.1) is 12.3 Å². The first-order valence-electron chi connectivity index (χ1n) is 4.60. The van der Waals surface area contributed by atoms with E-state index < -0.39 is 29.3 Å². The summed E-state index contributed by atoms with van der Waals surface area (Å²) in [5.74, 6) is -0.323. The van der Waals surface area contributed by atoms with Gasteiger partial charge in [-0.05, 0) is 12.1 Å². The Hall–Kier alpha value is -1.45. The molecule has 17 heavy (non-hydrogen) atoms. The van der Waals surface area contributed by atoms with Crippen molar-refractivity contribution in [2.45, 2.75) is 12.5 Å². The predicted molar refractivity (Wildman–Crippen MR) is 64.1 cm³/mol. The zero-order chi connectivity index (χ0) is 13.0. The van der Waals surface area contributed by atoms with Crippen molar-refractivity contribution in [3.63, 3.8) is 0 Å². The van der Waals surface area contributed by atoms with Gasteiger partial charge in [0.25, 0.3) is 0 Å². The Kier molecular flexibility index (Phi) is 4.61. The monoisotopic (exact) mass is 302 g/mol. The minimum atomic E-state index is -0.998. The van der Waals surface area contributed by atoms with E-state index in [1.54, 1.807) is 0 Å². The fraction of sp³-hybridized carbons (Fsp3) is 0.182. The van der Waals surface area contributed by atoms with Crippen LogP contribution in [0.25, 0.3) is 0 Å². The molecule has 1 amide bonds. The van der Waals surface area contributed by atoms with E-state index in [0.29, 0.717) is 0 Å². The van der Waals surface area contributed by atoms with Crippen molar-refractivity contribution in [3.05, 3.63) is 28.2 Å². The van der Waals surface area contributed by atoms with E-state index in [1.165, 1.54) is 0 Å². The molecular weight excluding hydrogens is 294 g/mol. The third-order valence-electron chi connectivity index (χ3n) is 1.93. The second-order valence-electron chi connectivity index (χ2n) is 3.25. The molecule has 0 bridgehead atoms. The van der Waals surface area contributed by atoms with Gasteiger partial charge in [-0.3, -0.25) is 4.79 Å². The van der Waals surface area contributed by atoms with Gasteiger partial charge in [-0.25, -0.2) is 8.78 Å². The van der Waals surface area contributed by atoms with Crippen LogP contribution in [0.3, 0.4) is 0 Å². The number of rotatable bonds is 3. The number of nitrogens with one attached hydrogen (secondary N) is 1. The third kappa shape index (κ3) is 3.51. The van der Waals surface area contributed by atoms with Crippen molar-refractivity contribution in [3.8, 4) is 12.3 Å². The van der Waals surface area contributed by atoms with Crippen LogP contribution >= 0.6 is 15.9 Å². The van der Waals surface area contributed by atoms with Crippen molar-refractivity contribution < 1.29 is 13.6 Å². The standard InChI is InChI=1S/C11H9BrF2N2O/c1-2-3-9(15)11(17)16-10-7(13)4-6(12)5-8(10)14/h1,4-5,9H,3,15H2,(H,16,17). The van der Waals surface area contributed by atoms with Gasteiger partial charge in [0, 0.05) is 10.9 Å². The van der Waals surface area contributed by atoms with Crippen LogP contribution in [0, 0.1) is 24.0 Å². The lowest BCUT2D eigenvalue weighted by Gasteiger charge is -2.11. The summed E-state index contributed by atoms with van der Waals surface area (Å²) in [5, 5.41) is 2.06. The molecule has 1 rings (SSSR count). The number of halogens is 3. The van der Waals surface area contributed by atoms with E-state index in [-0.39, 0.29) is 10.9 Å². The minimum Gasteiger partial charge on any atom is -0.320 e. The van der Waals surface area contributed by atoms with Crippen LogP contribution in [0.4, 0.5) is 14.5 Å². The molecule has 0 aliphatic heterocycles. The maximum absolute atomic E-state index is 13.4. The number of hydrogen-bond acceptors (Lipinski definition) is 2. The van der Waals surface area contributed by atoms with Gasteiger partial charge < -0.3 is 11.1 Å². The fourth-order valence-corrected chi connectivity index (χ4v) is 1.50. The van der Waals surface area contributed by atoms with E-state index in [1.807, 2.05) is 0 Å². The first-order valence-corrected chi connectivity index (χ1v) is 5.39. The molecule has 1 atom stereocenters. The molecular formula is C11H9BrF2N2O. The lowest BCUT2D eigenvalue weighted by Crippen LogP contribution is -2.35. The van der Waals surface area contributed by atoms with Crippen LogP contribution in [0.2, 0.25) is 0 Å². The molecule has 0 heterocycles. The van der Waals surface area contributed by atoms with Gasteiger partial charge in [0.2, 0.25) is 5.91 Å². The van der Waals surface area contributed by atoms with Crippen LogP contribution in [0.1, 0.15) is 6.42 Å². The summed E-state index contributed by atoms with van der Waals surface area (Å²) in [6.45, 7) is 0. The van der Waals surface area contributed by atoms with Crippen LogP contribution in [0.5, 0.6) is 0 Å². The largest absolute Gasteiger partial charge is 0.320 e. The van der Waals surface area contributed by atoms with Gasteiger partial charge in [-0.2, -0.15) is 0 Å². The predicted octanol–water partition coefficient (Wildman–Crippen LogP) is 2.02. The number of carbonyl (C=O) groups excluding carboxylic acids is 1. The molecule has 0 aliphatic carbocycles. The molecule has 3 N–H and O–H groups in total. The second kappa shape index (κ2) is 5.75. The van der Waals surface area contributed by atoms with Crippen molar-refractivity contribution in [2.24, 2.45) is 5.73 Å². The van der Waals surface area contributed by atoms with Crippen LogP contribution in [-0.2, 0) is 4.79 Å². The molecule has 0 saturated carbocycles. The molecule has 3 nitrogen and oxygen atoms in total. The number of benzene rings is 1. The molecule has 1 unspecified atom stereocenters. The zero-order valence-corrected chi connectivity index (χ0v) is 10.2. The lowest BCUT2D eigenvalue weighted by atomic mass is 10.2. The molecule has 0 spiro atoms. The van der Waals surface area contributed by atoms with Gasteiger partial charge in [0.15, 0.2) is 11.6 Å². The molecule has 0 radical (unpaired) electrons. The average Bonchev–Trinajstić information content (AvgIpc) is 2.23. The average molecular weight is 303 g/mol. The van der Waals surface area contributed by atoms with Gasteiger partial charge >= 0.3 is 0 Å². The van der Waals surface area contributed by atoms with Crippen LogP contribution in [-0.4, -0.2) is 11.9 Å². The topological polar surface area (TPSA) is 55.1 Å². The highest BCUT2D eigenvalue weighted by molar-refractivity contribution is 9.10. The van der Waals surface area contributed by atoms with Crippen molar-refractivity contribution in [1.29, 1.82) is 0 Å². The van der Waals surface area contributed by atoms with Crippen molar-refractivity contribution in [1.82, 2.24) is 0 Å². The lowest BCUT2D eigenvalue weighted by molar-refractivity contribution is -0.117. The minimum absolute atomic E-state index is 0.00833. The van der Waals surface area contributed by atoms with E-state index in [4.69, 9.17) is 12.2 Å². The summed E-state index contributed by atoms with van der Waals surface area (Å²) in [6, 6.07) is 1.07. The second-order valence-corrected chi connectivity index (χ2v) is 4.16. The first kappa shape index (κ1) is 13.6. The fourth-order valence-electron chi connectivity index (χ4n) is 1.10. The van der Waals surface area contributed by atoms with Crippen LogP contribution in [0.15, 0.2) is 16.6 Å². The molecule has 1 aromatic carbocycles. The Labute approximate surface area is 106 Å². The highest BCUT2D eigenvalue weighted by Gasteiger charge is 2.17. The number of nitrogens with two attached hydrogens (primary N) is 1. The summed E-state index contributed by atoms with van der Waals surface area (Å²) in [6.07, 6.45) is 4.97. The number of terminal acetylenes is 1. The summed E-state index contributed by atoms with van der Waals surface area (Å²) in [4.78, 5) is 11.4. The smallest absolute Gasteiger partial charge is 0.242 e. The van der Waals surface area contributed by atoms with Crippen molar-refractivity contribution >= 4 is 27.5 Å². The number of hydrogen-bond donors (Lipinski definition) is 2. The summed E-state index contributed by atoms with van der Waals surface area (Å²) in [5.41, 5.74) is 4.86. The SMILES string of the molecule is C#CCC(N)C(=O)Nc1c(F)cc(Br)cc1F. The molecule has 0 aliphatic rings. The molecule has 90 valence electrons. The molecule has 0 aromatic heterocycles. The quantitative estimate of drug-likeness (QED) is 0.839. The van der Waals surface area contributed by atoms with Gasteiger partial charge in [-0.1, -0.05) is 15.9 Å². The summed E-state index contributed by atoms with van der Waals surface area (Å²) < 4.78 is 26.9. The van der Waals surface area contributed by atoms with E-state index in [0.717, 1.165) is 12.1 Å². The van der Waals surface area contributed by atoms with Gasteiger partial charge in [0.05, 0.1) is 6.04 Å². The Morgan fingerprint density at radius 1 is 1.53 bits per heavy atom. The zero-order valence-electron chi connectivity index (χ0n) is 8.64. The Morgan fingerprint density at radius 3 is 2.53 bits per heavy atom. The van der Waals surface area contributed by atoms with Crippen molar-refractivity contribution in [2.75, 3.05) is 5.32 Å². The van der Waals surface area contributed by atoms with Gasteiger partial charge in [0.1, 0.15) is 5.69 Å². The number of amides is 1. The maximum atomic E-state index is 13.4. The van der Waals surface area contributed by atoms with E-state index in [2.05, 4.69) is 27.2 Å². The Bertz CT molecular complexity index is 462.